The summed E-state index contributed by atoms with van der Waals surface area (Å²) in [5, 5.41) is 0. The number of hydrogen-bond acceptors (Lipinski definition) is 4. The number of fused-ring (bicyclic) bond motifs is 1. The first-order chi connectivity index (χ1) is 14.2. The van der Waals surface area contributed by atoms with Gasteiger partial charge < -0.3 is 18.9 Å². The van der Waals surface area contributed by atoms with Crippen LogP contribution < -0.4 is 15.1 Å². The molecule has 6 heteroatoms. The second kappa shape index (κ2) is 6.99. The fourth-order valence-electron chi connectivity index (χ4n) is 4.64. The normalized spacial score (nSPS) is 27.6. The highest BCUT2D eigenvalue weighted by Gasteiger charge is 2.53. The smallest absolute Gasteiger partial charge is 0.490 e. The Balaban J connectivity index is 1.56. The van der Waals surface area contributed by atoms with Crippen molar-refractivity contribution in [3.05, 3.63) is 17.7 Å². The Kier molecular flexibility index (Phi) is 4.75. The van der Waals surface area contributed by atoms with E-state index in [4.69, 9.17) is 14.0 Å². The first-order valence-corrected chi connectivity index (χ1v) is 11.7. The van der Waals surface area contributed by atoms with Gasteiger partial charge in [0.25, 0.3) is 0 Å². The van der Waals surface area contributed by atoms with Crippen LogP contribution in [0.4, 0.5) is 5.69 Å². The molecule has 162 valence electrons. The Morgan fingerprint density at radius 2 is 1.73 bits per heavy atom. The summed E-state index contributed by atoms with van der Waals surface area (Å²) in [6, 6.07) is 4.39. The van der Waals surface area contributed by atoms with Gasteiger partial charge in [0.2, 0.25) is 5.91 Å². The molecule has 0 bridgehead atoms. The summed E-state index contributed by atoms with van der Waals surface area (Å²) in [6.07, 6.45) is 7.57. The summed E-state index contributed by atoms with van der Waals surface area (Å²) in [5.74, 6) is 1.38. The molecule has 1 atom stereocenters. The van der Waals surface area contributed by atoms with Crippen LogP contribution in [0.25, 0.3) is 0 Å². The summed E-state index contributed by atoms with van der Waals surface area (Å²) < 4.78 is 19.3. The Labute approximate surface area is 180 Å². The van der Waals surface area contributed by atoms with Gasteiger partial charge in [0.1, 0.15) is 5.75 Å². The van der Waals surface area contributed by atoms with Crippen LogP contribution in [-0.4, -0.2) is 36.4 Å². The highest BCUT2D eigenvalue weighted by atomic mass is 16.7. The molecule has 0 aromatic heterocycles. The van der Waals surface area contributed by atoms with Crippen LogP contribution >= 0.6 is 0 Å². The van der Waals surface area contributed by atoms with E-state index < -0.39 is 18.3 Å². The van der Waals surface area contributed by atoms with E-state index in [0.29, 0.717) is 0 Å². The largest absolute Gasteiger partial charge is 0.498 e. The average Bonchev–Trinajstić information content (AvgIpc) is 3.44. The highest BCUT2D eigenvalue weighted by Crippen LogP contribution is 2.43. The predicted molar refractivity (Wildman–Crippen MR) is 118 cm³/mol. The first-order valence-electron chi connectivity index (χ1n) is 11.7. The maximum absolute atomic E-state index is 13.1. The molecule has 1 aromatic rings. The van der Waals surface area contributed by atoms with Crippen molar-refractivity contribution in [2.45, 2.75) is 103 Å². The molecule has 0 radical (unpaired) electrons. The second-order valence-electron chi connectivity index (χ2n) is 10.6. The minimum absolute atomic E-state index is 0.206. The zero-order chi connectivity index (χ0) is 21.3. The number of carbonyl (C=O) groups is 1. The minimum Gasteiger partial charge on any atom is -0.490 e. The lowest BCUT2D eigenvalue weighted by Crippen LogP contribution is -2.45. The summed E-state index contributed by atoms with van der Waals surface area (Å²) in [5.41, 5.74) is 2.35. The number of amides is 1. The van der Waals surface area contributed by atoms with Crippen molar-refractivity contribution >= 4 is 24.2 Å². The van der Waals surface area contributed by atoms with Gasteiger partial charge in [0.15, 0.2) is 0 Å². The van der Waals surface area contributed by atoms with E-state index >= 15 is 0 Å². The Morgan fingerprint density at radius 1 is 1.07 bits per heavy atom. The van der Waals surface area contributed by atoms with Crippen LogP contribution in [0, 0.1) is 5.92 Å². The molecule has 0 spiro atoms. The van der Waals surface area contributed by atoms with Gasteiger partial charge in [-0.05, 0) is 85.6 Å². The van der Waals surface area contributed by atoms with Crippen LogP contribution in [0.5, 0.6) is 5.75 Å². The van der Waals surface area contributed by atoms with Crippen molar-refractivity contribution in [2.75, 3.05) is 4.90 Å². The molecule has 1 aromatic carbocycles. The number of ether oxygens (including phenoxy) is 1. The molecule has 1 saturated heterocycles. The van der Waals surface area contributed by atoms with E-state index in [0.717, 1.165) is 61.0 Å². The zero-order valence-electron chi connectivity index (χ0n) is 19.0. The van der Waals surface area contributed by atoms with Crippen LogP contribution in [0.2, 0.25) is 0 Å². The molecule has 5 rings (SSSR count). The number of benzene rings is 1. The van der Waals surface area contributed by atoms with Crippen molar-refractivity contribution < 1.29 is 18.8 Å². The number of hydrogen-bond donors (Lipinski definition) is 0. The van der Waals surface area contributed by atoms with E-state index in [1.807, 2.05) is 4.90 Å². The quantitative estimate of drug-likeness (QED) is 0.703. The van der Waals surface area contributed by atoms with Crippen molar-refractivity contribution in [2.24, 2.45) is 5.92 Å². The lowest BCUT2D eigenvalue weighted by Gasteiger charge is -2.38. The molecule has 2 heterocycles. The molecule has 2 saturated carbocycles. The Morgan fingerprint density at radius 3 is 2.30 bits per heavy atom. The maximum atomic E-state index is 13.1. The summed E-state index contributed by atoms with van der Waals surface area (Å²) in [4.78, 5) is 15.1. The van der Waals surface area contributed by atoms with Gasteiger partial charge in [-0.3, -0.25) is 4.79 Å². The maximum Gasteiger partial charge on any atom is 0.498 e. The van der Waals surface area contributed by atoms with E-state index in [9.17, 15) is 4.79 Å². The minimum atomic E-state index is -0.456. The van der Waals surface area contributed by atoms with Gasteiger partial charge in [-0.25, -0.2) is 0 Å². The highest BCUT2D eigenvalue weighted by molar-refractivity contribution is 6.63. The van der Waals surface area contributed by atoms with Crippen LogP contribution in [0.15, 0.2) is 12.1 Å². The molecular formula is C24H34BNO4. The van der Waals surface area contributed by atoms with E-state index in [1.54, 1.807) is 0 Å². The third kappa shape index (κ3) is 3.27. The van der Waals surface area contributed by atoms with E-state index in [2.05, 4.69) is 46.8 Å². The molecule has 2 aliphatic heterocycles. The third-order valence-electron chi connectivity index (χ3n) is 7.79. The molecule has 2 aliphatic carbocycles. The van der Waals surface area contributed by atoms with Gasteiger partial charge >= 0.3 is 7.12 Å². The van der Waals surface area contributed by atoms with Crippen molar-refractivity contribution in [3.63, 3.8) is 0 Å². The van der Waals surface area contributed by atoms with E-state index in [-0.39, 0.29) is 24.0 Å². The molecular weight excluding hydrogens is 377 g/mol. The lowest BCUT2D eigenvalue weighted by atomic mass is 9.75. The lowest BCUT2D eigenvalue weighted by molar-refractivity contribution is -0.120. The standard InChI is InChI=1S/C24H34BNO4/c1-15-9-12-18-20(26(15)22(27)16-10-11-16)14-13-19(21(18)28-17-7-6-8-17)25-29-23(2,3)24(4,5)30-25/h13-17H,6-12H2,1-5H3/t15-/m0/s1. The monoisotopic (exact) mass is 411 g/mol. The number of anilines is 1. The van der Waals surface area contributed by atoms with E-state index in [1.165, 1.54) is 6.42 Å². The van der Waals surface area contributed by atoms with Gasteiger partial charge in [-0.1, -0.05) is 6.07 Å². The average molecular weight is 411 g/mol. The van der Waals surface area contributed by atoms with Gasteiger partial charge in [-0.15, -0.1) is 0 Å². The SMILES string of the molecule is C[C@H]1CCc2c(ccc(B3OC(C)(C)C(C)(C)O3)c2OC2CCC2)N1C(=O)C1CC1. The van der Waals surface area contributed by atoms with Crippen LogP contribution in [-0.2, 0) is 20.5 Å². The second-order valence-corrected chi connectivity index (χ2v) is 10.6. The summed E-state index contributed by atoms with van der Waals surface area (Å²) in [6.45, 7) is 10.5. The molecule has 0 N–H and O–H groups in total. The van der Waals surface area contributed by atoms with Crippen LogP contribution in [0.1, 0.15) is 78.7 Å². The van der Waals surface area contributed by atoms with Crippen molar-refractivity contribution in [3.8, 4) is 5.75 Å². The fraction of sp³-hybridized carbons (Fsp3) is 0.708. The molecule has 3 fully saturated rings. The summed E-state index contributed by atoms with van der Waals surface area (Å²) in [7, 11) is -0.456. The third-order valence-corrected chi connectivity index (χ3v) is 7.79. The van der Waals surface area contributed by atoms with Gasteiger partial charge in [-0.2, -0.15) is 0 Å². The summed E-state index contributed by atoms with van der Waals surface area (Å²) >= 11 is 0. The molecule has 0 unspecified atom stereocenters. The zero-order valence-corrected chi connectivity index (χ0v) is 19.0. The Hall–Kier alpha value is -1.53. The molecule has 1 amide bonds. The van der Waals surface area contributed by atoms with Gasteiger partial charge in [0.05, 0.1) is 23.0 Å². The topological polar surface area (TPSA) is 48.0 Å². The van der Waals surface area contributed by atoms with Crippen LogP contribution in [0.3, 0.4) is 0 Å². The Bertz CT molecular complexity index is 843. The molecule has 5 nitrogen and oxygen atoms in total. The molecule has 4 aliphatic rings. The molecule has 30 heavy (non-hydrogen) atoms. The van der Waals surface area contributed by atoms with Crippen molar-refractivity contribution in [1.29, 1.82) is 0 Å². The number of carbonyl (C=O) groups excluding carboxylic acids is 1. The number of nitrogens with zero attached hydrogens (tertiary/aromatic N) is 1. The number of rotatable bonds is 4. The predicted octanol–water partition coefficient (Wildman–Crippen LogP) is 3.99. The van der Waals surface area contributed by atoms with Crippen molar-refractivity contribution in [1.82, 2.24) is 0 Å². The first kappa shape index (κ1) is 20.4. The fourth-order valence-corrected chi connectivity index (χ4v) is 4.64. The van der Waals surface area contributed by atoms with Gasteiger partial charge in [0, 0.05) is 23.0 Å².